The number of allylic oxidation sites excluding steroid dienone is 3. The van der Waals surface area contributed by atoms with Crippen molar-refractivity contribution in [2.75, 3.05) is 18.0 Å². The summed E-state index contributed by atoms with van der Waals surface area (Å²) in [5.74, 6) is -0.233. The van der Waals surface area contributed by atoms with E-state index in [0.29, 0.717) is 11.3 Å². The van der Waals surface area contributed by atoms with Gasteiger partial charge in [0.15, 0.2) is 0 Å². The predicted molar refractivity (Wildman–Crippen MR) is 121 cm³/mol. The zero-order valence-electron chi connectivity index (χ0n) is 17.3. The fourth-order valence-corrected chi connectivity index (χ4v) is 3.45. The Kier molecular flexibility index (Phi) is 8.78. The van der Waals surface area contributed by atoms with Crippen molar-refractivity contribution in [3.8, 4) is 0 Å². The molecule has 0 unspecified atom stereocenters. The average molecular weight is 402 g/mol. The van der Waals surface area contributed by atoms with Gasteiger partial charge in [-0.3, -0.25) is 4.79 Å². The molecule has 1 aromatic rings. The molecule has 1 aromatic carbocycles. The highest BCUT2D eigenvalue weighted by molar-refractivity contribution is 6.49. The van der Waals surface area contributed by atoms with E-state index >= 15 is 0 Å². The maximum atomic E-state index is 11.9. The van der Waals surface area contributed by atoms with Crippen molar-refractivity contribution in [3.63, 3.8) is 0 Å². The van der Waals surface area contributed by atoms with Gasteiger partial charge in [0.2, 0.25) is 5.78 Å². The number of hydrogen-bond donors (Lipinski definition) is 1. The van der Waals surface area contributed by atoms with Gasteiger partial charge in [-0.1, -0.05) is 51.1 Å². The fourth-order valence-electron chi connectivity index (χ4n) is 3.20. The highest BCUT2D eigenvalue weighted by Gasteiger charge is 2.21. The smallest absolute Gasteiger partial charge is 0.202 e. The van der Waals surface area contributed by atoms with Crippen molar-refractivity contribution in [1.82, 2.24) is 0 Å². The molecule has 0 amide bonds. The number of halogens is 1. The number of benzene rings is 1. The number of rotatable bonds is 10. The zero-order chi connectivity index (χ0) is 20.5. The van der Waals surface area contributed by atoms with E-state index in [1.807, 2.05) is 12.1 Å². The van der Waals surface area contributed by atoms with Gasteiger partial charge in [-0.25, -0.2) is 4.99 Å². The summed E-state index contributed by atoms with van der Waals surface area (Å²) < 4.78 is 0. The molecule has 0 saturated carbocycles. The first-order valence-electron chi connectivity index (χ1n) is 10.3. The van der Waals surface area contributed by atoms with Gasteiger partial charge in [0.1, 0.15) is 5.03 Å². The van der Waals surface area contributed by atoms with Crippen LogP contribution in [-0.2, 0) is 4.79 Å². The van der Waals surface area contributed by atoms with E-state index in [-0.39, 0.29) is 16.5 Å². The average Bonchev–Trinajstić information content (AvgIpc) is 2.70. The van der Waals surface area contributed by atoms with Gasteiger partial charge in [-0.15, -0.1) is 0 Å². The Morgan fingerprint density at radius 3 is 2.11 bits per heavy atom. The molecule has 0 spiro atoms. The first-order valence-corrected chi connectivity index (χ1v) is 10.7. The number of hydrogen-bond acceptors (Lipinski definition) is 4. The predicted octanol–water partition coefficient (Wildman–Crippen LogP) is 5.88. The van der Waals surface area contributed by atoms with E-state index in [4.69, 9.17) is 17.3 Å². The molecule has 5 heteroatoms. The van der Waals surface area contributed by atoms with E-state index in [9.17, 15) is 4.79 Å². The summed E-state index contributed by atoms with van der Waals surface area (Å²) in [5, 5.41) is 0.0494. The number of unbranched alkanes of at least 4 members (excludes halogenated alkanes) is 4. The second-order valence-electron chi connectivity index (χ2n) is 7.30. The second kappa shape index (κ2) is 11.1. The van der Waals surface area contributed by atoms with Crippen LogP contribution in [0.4, 0.5) is 11.4 Å². The second-order valence-corrected chi connectivity index (χ2v) is 7.68. The number of aliphatic imine (C=N–C) groups is 1. The molecular formula is C23H32ClN3O. The number of carbonyl (C=O) groups excluding carboxylic acids is 1. The van der Waals surface area contributed by atoms with Gasteiger partial charge in [0.05, 0.1) is 17.1 Å². The van der Waals surface area contributed by atoms with Crippen LogP contribution < -0.4 is 10.6 Å². The quantitative estimate of drug-likeness (QED) is 0.393. The molecule has 0 aromatic heterocycles. The monoisotopic (exact) mass is 401 g/mol. The summed E-state index contributed by atoms with van der Waals surface area (Å²) in [5.41, 5.74) is 9.33. The highest BCUT2D eigenvalue weighted by atomic mass is 35.5. The molecule has 4 nitrogen and oxygen atoms in total. The molecular weight excluding hydrogens is 370 g/mol. The number of anilines is 1. The molecule has 1 aliphatic rings. The van der Waals surface area contributed by atoms with Crippen molar-refractivity contribution in [2.45, 2.75) is 59.3 Å². The van der Waals surface area contributed by atoms with Crippen molar-refractivity contribution < 1.29 is 4.79 Å². The lowest BCUT2D eigenvalue weighted by Crippen LogP contribution is -2.25. The molecule has 0 bridgehead atoms. The largest absolute Gasteiger partial charge is 0.396 e. The highest BCUT2D eigenvalue weighted by Crippen LogP contribution is 2.25. The first kappa shape index (κ1) is 22.2. The Morgan fingerprint density at radius 1 is 1.00 bits per heavy atom. The molecule has 0 fully saturated rings. The third kappa shape index (κ3) is 5.96. The van der Waals surface area contributed by atoms with Crippen LogP contribution in [0.15, 0.2) is 51.6 Å². The molecule has 0 saturated heterocycles. The number of ketones is 1. The Balaban J connectivity index is 2.16. The molecule has 0 radical (unpaired) electrons. The van der Waals surface area contributed by atoms with Crippen LogP contribution in [0.3, 0.4) is 0 Å². The Morgan fingerprint density at radius 2 is 1.57 bits per heavy atom. The van der Waals surface area contributed by atoms with Gasteiger partial charge in [-0.2, -0.15) is 0 Å². The minimum absolute atomic E-state index is 0.0494. The van der Waals surface area contributed by atoms with Crippen LogP contribution in [0, 0.1) is 0 Å². The standard InChI is InChI=1S/C23H32ClN3O/c1-4-6-8-14-27(15-9-7-5-2)19-12-10-18(11-13-19)26-20-16-17(3)23(28)21(24)22(20)25/h10-13,16H,4-9,14-15,25H2,1-3H3/b26-20+. The molecule has 0 aliphatic heterocycles. The Labute approximate surface area is 174 Å². The van der Waals surface area contributed by atoms with Crippen LogP contribution >= 0.6 is 11.6 Å². The minimum atomic E-state index is -0.233. The van der Waals surface area contributed by atoms with E-state index in [1.54, 1.807) is 13.0 Å². The molecule has 152 valence electrons. The summed E-state index contributed by atoms with van der Waals surface area (Å²) in [7, 11) is 0. The molecule has 2 N–H and O–H groups in total. The summed E-state index contributed by atoms with van der Waals surface area (Å²) in [6, 6.07) is 8.22. The van der Waals surface area contributed by atoms with Crippen LogP contribution in [-0.4, -0.2) is 24.6 Å². The van der Waals surface area contributed by atoms with E-state index in [2.05, 4.69) is 35.9 Å². The van der Waals surface area contributed by atoms with E-state index in [1.165, 1.54) is 44.2 Å². The third-order valence-electron chi connectivity index (χ3n) is 4.95. The van der Waals surface area contributed by atoms with Crippen LogP contribution in [0.1, 0.15) is 59.3 Å². The topological polar surface area (TPSA) is 58.7 Å². The SMILES string of the molecule is CCCCCN(CCCCC)c1ccc(/N=C2\C=C(C)C(=O)C(Cl)=C2N)cc1. The lowest BCUT2D eigenvalue weighted by atomic mass is 10.0. The van der Waals surface area contributed by atoms with Crippen molar-refractivity contribution in [2.24, 2.45) is 10.7 Å². The summed E-state index contributed by atoms with van der Waals surface area (Å²) in [6.07, 6.45) is 9.09. The van der Waals surface area contributed by atoms with E-state index < -0.39 is 0 Å². The summed E-state index contributed by atoms with van der Waals surface area (Å²) in [6.45, 7) is 8.36. The van der Waals surface area contributed by atoms with Crippen LogP contribution in [0.2, 0.25) is 0 Å². The number of Topliss-reactive ketones (excluding diaryl/α,β-unsaturated/α-hetero) is 1. The van der Waals surface area contributed by atoms with Gasteiger partial charge in [-0.05, 0) is 50.1 Å². The van der Waals surface area contributed by atoms with Crippen molar-refractivity contribution >= 4 is 34.5 Å². The van der Waals surface area contributed by atoms with Crippen molar-refractivity contribution in [1.29, 1.82) is 0 Å². The van der Waals surface area contributed by atoms with Crippen LogP contribution in [0.25, 0.3) is 0 Å². The molecule has 2 rings (SSSR count). The van der Waals surface area contributed by atoms with Gasteiger partial charge >= 0.3 is 0 Å². The maximum absolute atomic E-state index is 11.9. The van der Waals surface area contributed by atoms with Gasteiger partial charge in [0, 0.05) is 24.4 Å². The zero-order valence-corrected chi connectivity index (χ0v) is 18.1. The minimum Gasteiger partial charge on any atom is -0.396 e. The van der Waals surface area contributed by atoms with Gasteiger partial charge in [0.25, 0.3) is 0 Å². The van der Waals surface area contributed by atoms with Crippen molar-refractivity contribution in [3.05, 3.63) is 46.6 Å². The molecule has 0 heterocycles. The summed E-state index contributed by atoms with van der Waals surface area (Å²) >= 11 is 6.04. The number of carbonyl (C=O) groups is 1. The summed E-state index contributed by atoms with van der Waals surface area (Å²) in [4.78, 5) is 18.9. The molecule has 1 aliphatic carbocycles. The molecule has 28 heavy (non-hydrogen) atoms. The van der Waals surface area contributed by atoms with Gasteiger partial charge < -0.3 is 10.6 Å². The lowest BCUT2D eigenvalue weighted by Gasteiger charge is -2.25. The first-order chi connectivity index (χ1) is 13.5. The number of nitrogens with zero attached hydrogens (tertiary/aromatic N) is 2. The molecule has 0 atom stereocenters. The lowest BCUT2D eigenvalue weighted by molar-refractivity contribution is -0.111. The normalized spacial score (nSPS) is 15.9. The maximum Gasteiger partial charge on any atom is 0.202 e. The Hall–Kier alpha value is -2.07. The third-order valence-corrected chi connectivity index (χ3v) is 5.33. The van der Waals surface area contributed by atoms with E-state index in [0.717, 1.165) is 18.8 Å². The van der Waals surface area contributed by atoms with Crippen LogP contribution in [0.5, 0.6) is 0 Å². The fraction of sp³-hybridized carbons (Fsp3) is 0.478. The Bertz CT molecular complexity index is 753. The number of nitrogens with two attached hydrogens (primary N) is 1.